The molecule has 0 saturated heterocycles. The number of carboxylic acid groups (broad SMARTS) is 1. The molecule has 1 amide bonds. The highest BCUT2D eigenvalue weighted by Gasteiger charge is 2.33. The topological polar surface area (TPSA) is 75.6 Å². The molecule has 0 saturated carbocycles. The van der Waals surface area contributed by atoms with Gasteiger partial charge in [-0.2, -0.15) is 0 Å². The van der Waals surface area contributed by atoms with Gasteiger partial charge in [0.05, 0.1) is 24.5 Å². The van der Waals surface area contributed by atoms with E-state index in [-0.39, 0.29) is 24.7 Å². The zero-order valence-corrected chi connectivity index (χ0v) is 14.7. The number of ether oxygens (including phenoxy) is 1. The van der Waals surface area contributed by atoms with Crippen LogP contribution in [0.15, 0.2) is 18.2 Å². The largest absolute Gasteiger partial charge is 0.492 e. The van der Waals surface area contributed by atoms with Crippen LogP contribution in [0.5, 0.6) is 5.75 Å². The van der Waals surface area contributed by atoms with E-state index in [0.717, 1.165) is 0 Å². The first-order valence-corrected chi connectivity index (χ1v) is 8.00. The number of benzene rings is 1. The summed E-state index contributed by atoms with van der Waals surface area (Å²) in [5, 5.41) is 12.4. The van der Waals surface area contributed by atoms with Crippen LogP contribution < -0.4 is 10.1 Å². The van der Waals surface area contributed by atoms with Crippen LogP contribution in [0.2, 0.25) is 5.02 Å². The standard InChI is InChI=1S/C17H24ClNO4/c1-5-23-16-12(7-6-8-13(16)18)9-14(20)19-17(4,11(2)3)10-15(21)22/h6-8,11H,5,9-10H2,1-4H3,(H,19,20)(H,21,22). The number of rotatable bonds is 8. The van der Waals surface area contributed by atoms with Crippen LogP contribution in [-0.2, 0) is 16.0 Å². The Bertz CT molecular complexity index is 574. The SMILES string of the molecule is CCOc1c(Cl)cccc1CC(=O)NC(C)(CC(=O)O)C(C)C. The van der Waals surface area contributed by atoms with Crippen LogP contribution in [0.4, 0.5) is 0 Å². The van der Waals surface area contributed by atoms with Gasteiger partial charge in [-0.15, -0.1) is 0 Å². The fraction of sp³-hybridized carbons (Fsp3) is 0.529. The number of halogens is 1. The smallest absolute Gasteiger partial charge is 0.305 e. The molecule has 0 spiro atoms. The Hall–Kier alpha value is -1.75. The normalized spacial score (nSPS) is 13.5. The lowest BCUT2D eigenvalue weighted by molar-refractivity contribution is -0.139. The summed E-state index contributed by atoms with van der Waals surface area (Å²) in [6.07, 6.45) is -0.0535. The number of hydrogen-bond acceptors (Lipinski definition) is 3. The van der Waals surface area contributed by atoms with Crippen molar-refractivity contribution in [1.82, 2.24) is 5.32 Å². The molecule has 0 aliphatic heterocycles. The average molecular weight is 342 g/mol. The second-order valence-corrected chi connectivity index (χ2v) is 6.44. The summed E-state index contributed by atoms with van der Waals surface area (Å²) in [6.45, 7) is 7.80. The number of para-hydroxylation sites is 1. The maximum atomic E-state index is 12.4. The van der Waals surface area contributed by atoms with Crippen molar-refractivity contribution in [2.24, 2.45) is 5.92 Å². The first-order valence-electron chi connectivity index (χ1n) is 7.62. The van der Waals surface area contributed by atoms with Crippen LogP contribution in [0.3, 0.4) is 0 Å². The third-order valence-electron chi connectivity index (χ3n) is 3.91. The van der Waals surface area contributed by atoms with Crippen molar-refractivity contribution in [3.8, 4) is 5.75 Å². The quantitative estimate of drug-likeness (QED) is 0.760. The van der Waals surface area contributed by atoms with Crippen molar-refractivity contribution < 1.29 is 19.4 Å². The van der Waals surface area contributed by atoms with E-state index < -0.39 is 11.5 Å². The Morgan fingerprint density at radius 2 is 2.04 bits per heavy atom. The highest BCUT2D eigenvalue weighted by Crippen LogP contribution is 2.29. The number of nitrogens with one attached hydrogen (secondary N) is 1. The lowest BCUT2D eigenvalue weighted by atomic mass is 9.85. The van der Waals surface area contributed by atoms with Gasteiger partial charge in [-0.25, -0.2) is 0 Å². The lowest BCUT2D eigenvalue weighted by Crippen LogP contribution is -2.51. The third kappa shape index (κ3) is 5.43. The Balaban J connectivity index is 2.91. The van der Waals surface area contributed by atoms with Crippen molar-refractivity contribution in [3.05, 3.63) is 28.8 Å². The van der Waals surface area contributed by atoms with Gasteiger partial charge in [0.1, 0.15) is 5.75 Å². The van der Waals surface area contributed by atoms with E-state index in [1.807, 2.05) is 20.8 Å². The van der Waals surface area contributed by atoms with Crippen LogP contribution >= 0.6 is 11.6 Å². The molecule has 0 aliphatic rings. The van der Waals surface area contributed by atoms with Gasteiger partial charge >= 0.3 is 5.97 Å². The molecule has 0 aliphatic carbocycles. The molecule has 0 radical (unpaired) electrons. The van der Waals surface area contributed by atoms with E-state index >= 15 is 0 Å². The Morgan fingerprint density at radius 1 is 1.39 bits per heavy atom. The maximum absolute atomic E-state index is 12.4. The molecule has 1 aromatic carbocycles. The van der Waals surface area contributed by atoms with Crippen LogP contribution in [-0.4, -0.2) is 29.1 Å². The van der Waals surface area contributed by atoms with Gasteiger partial charge < -0.3 is 15.2 Å². The van der Waals surface area contributed by atoms with Crippen molar-refractivity contribution in [2.45, 2.75) is 46.1 Å². The molecular formula is C17H24ClNO4. The van der Waals surface area contributed by atoms with Gasteiger partial charge in [-0.1, -0.05) is 37.6 Å². The molecule has 6 heteroatoms. The summed E-state index contributed by atoms with van der Waals surface area (Å²) in [7, 11) is 0. The van der Waals surface area contributed by atoms with Crippen LogP contribution in [0.25, 0.3) is 0 Å². The number of carbonyl (C=O) groups excluding carboxylic acids is 1. The van der Waals surface area contributed by atoms with E-state index in [2.05, 4.69) is 5.32 Å². The van der Waals surface area contributed by atoms with Crippen molar-refractivity contribution in [1.29, 1.82) is 0 Å². The summed E-state index contributed by atoms with van der Waals surface area (Å²) in [5.74, 6) is -0.727. The molecule has 128 valence electrons. The highest BCUT2D eigenvalue weighted by atomic mass is 35.5. The van der Waals surface area contributed by atoms with E-state index in [9.17, 15) is 9.59 Å². The fourth-order valence-electron chi connectivity index (χ4n) is 2.24. The van der Waals surface area contributed by atoms with E-state index in [0.29, 0.717) is 22.9 Å². The van der Waals surface area contributed by atoms with Gasteiger partial charge in [0.2, 0.25) is 5.91 Å². The molecular weight excluding hydrogens is 318 g/mol. The Kier molecular flexibility index (Phi) is 6.88. The number of hydrogen-bond donors (Lipinski definition) is 2. The molecule has 1 aromatic rings. The third-order valence-corrected chi connectivity index (χ3v) is 4.20. The Labute approximate surface area is 142 Å². The minimum Gasteiger partial charge on any atom is -0.492 e. The highest BCUT2D eigenvalue weighted by molar-refractivity contribution is 6.32. The summed E-state index contributed by atoms with van der Waals surface area (Å²) >= 11 is 6.11. The molecule has 5 nitrogen and oxygen atoms in total. The molecule has 0 aromatic heterocycles. The second-order valence-electron chi connectivity index (χ2n) is 6.03. The molecule has 1 rings (SSSR count). The van der Waals surface area contributed by atoms with Gasteiger partial charge in [0.15, 0.2) is 0 Å². The number of carboxylic acids is 1. The zero-order chi connectivity index (χ0) is 17.6. The molecule has 0 fully saturated rings. The first-order chi connectivity index (χ1) is 10.7. The van der Waals surface area contributed by atoms with Crippen molar-refractivity contribution >= 4 is 23.5 Å². The van der Waals surface area contributed by atoms with Crippen LogP contribution in [0.1, 0.15) is 39.7 Å². The summed E-state index contributed by atoms with van der Waals surface area (Å²) in [4.78, 5) is 23.4. The van der Waals surface area contributed by atoms with Crippen LogP contribution in [0, 0.1) is 5.92 Å². The lowest BCUT2D eigenvalue weighted by Gasteiger charge is -2.33. The molecule has 1 unspecified atom stereocenters. The van der Waals surface area contributed by atoms with E-state index in [4.69, 9.17) is 21.4 Å². The zero-order valence-electron chi connectivity index (χ0n) is 14.0. The average Bonchev–Trinajstić information content (AvgIpc) is 2.41. The number of amides is 1. The van der Waals surface area contributed by atoms with Gasteiger partial charge in [0, 0.05) is 11.1 Å². The second kappa shape index (κ2) is 8.20. The number of aliphatic carboxylic acids is 1. The van der Waals surface area contributed by atoms with Crippen molar-refractivity contribution in [3.63, 3.8) is 0 Å². The minimum absolute atomic E-state index is 0.0201. The molecule has 0 bridgehead atoms. The van der Waals surface area contributed by atoms with Crippen molar-refractivity contribution in [2.75, 3.05) is 6.61 Å². The first kappa shape index (κ1) is 19.3. The monoisotopic (exact) mass is 341 g/mol. The number of carbonyl (C=O) groups is 2. The summed E-state index contributed by atoms with van der Waals surface area (Å²) in [6, 6.07) is 5.24. The molecule has 2 N–H and O–H groups in total. The predicted molar refractivity (Wildman–Crippen MR) is 90.0 cm³/mol. The molecule has 23 heavy (non-hydrogen) atoms. The van der Waals surface area contributed by atoms with E-state index in [1.54, 1.807) is 25.1 Å². The molecule has 1 atom stereocenters. The fourth-order valence-corrected chi connectivity index (χ4v) is 2.49. The van der Waals surface area contributed by atoms with Gasteiger partial charge in [-0.05, 0) is 25.8 Å². The summed E-state index contributed by atoms with van der Waals surface area (Å²) in [5.41, 5.74) is -0.133. The maximum Gasteiger partial charge on any atom is 0.305 e. The minimum atomic E-state index is -0.945. The summed E-state index contributed by atoms with van der Waals surface area (Å²) < 4.78 is 5.50. The Morgan fingerprint density at radius 3 is 2.57 bits per heavy atom. The van der Waals surface area contributed by atoms with Gasteiger partial charge in [-0.3, -0.25) is 9.59 Å². The molecule has 0 heterocycles. The van der Waals surface area contributed by atoms with Gasteiger partial charge in [0.25, 0.3) is 0 Å². The predicted octanol–water partition coefficient (Wildman–Crippen LogP) is 3.29. The van der Waals surface area contributed by atoms with E-state index in [1.165, 1.54) is 0 Å².